The van der Waals surface area contributed by atoms with E-state index in [1.807, 2.05) is 65.4 Å². The Morgan fingerprint density at radius 3 is 2.32 bits per heavy atom. The van der Waals surface area contributed by atoms with Crippen LogP contribution in [0.15, 0.2) is 77.8 Å². The standard InChI is InChI=1S/C18H17BrN2O/c19-17-8-6-16(7-9-17)18(22,15-4-2-1-3-5-15)10-12-21-13-11-20-14-21/h1-9,11,13-14,22H,10,12H2. The maximum absolute atomic E-state index is 11.4. The van der Waals surface area contributed by atoms with Gasteiger partial charge in [-0.15, -0.1) is 0 Å². The molecule has 4 heteroatoms. The van der Waals surface area contributed by atoms with Crippen LogP contribution in [0.25, 0.3) is 0 Å². The molecule has 3 nitrogen and oxygen atoms in total. The largest absolute Gasteiger partial charge is 0.380 e. The van der Waals surface area contributed by atoms with Gasteiger partial charge in [0.1, 0.15) is 5.60 Å². The van der Waals surface area contributed by atoms with Crippen LogP contribution in [0.3, 0.4) is 0 Å². The zero-order chi connectivity index (χ0) is 15.4. The summed E-state index contributed by atoms with van der Waals surface area (Å²) < 4.78 is 2.98. The molecule has 0 aliphatic rings. The van der Waals surface area contributed by atoms with Crippen molar-refractivity contribution in [2.24, 2.45) is 0 Å². The molecule has 0 saturated carbocycles. The highest BCUT2D eigenvalue weighted by atomic mass is 79.9. The molecule has 2 aromatic carbocycles. The third kappa shape index (κ3) is 3.13. The SMILES string of the molecule is OC(CCn1ccnc1)(c1ccccc1)c1ccc(Br)cc1. The molecule has 3 aromatic rings. The van der Waals surface area contributed by atoms with Crippen molar-refractivity contribution in [2.45, 2.75) is 18.6 Å². The highest BCUT2D eigenvalue weighted by Gasteiger charge is 2.31. The van der Waals surface area contributed by atoms with Crippen LogP contribution in [0.4, 0.5) is 0 Å². The third-order valence-corrected chi connectivity index (χ3v) is 4.39. The average molecular weight is 357 g/mol. The van der Waals surface area contributed by atoms with Gasteiger partial charge in [-0.3, -0.25) is 0 Å². The molecule has 0 amide bonds. The van der Waals surface area contributed by atoms with Crippen molar-refractivity contribution >= 4 is 15.9 Å². The van der Waals surface area contributed by atoms with Crippen LogP contribution in [0.1, 0.15) is 17.5 Å². The van der Waals surface area contributed by atoms with Crippen LogP contribution in [0.5, 0.6) is 0 Å². The fourth-order valence-electron chi connectivity index (χ4n) is 2.60. The van der Waals surface area contributed by atoms with Crippen LogP contribution in [-0.2, 0) is 12.1 Å². The maximum atomic E-state index is 11.4. The number of rotatable bonds is 5. The lowest BCUT2D eigenvalue weighted by Crippen LogP contribution is -2.28. The van der Waals surface area contributed by atoms with Crippen molar-refractivity contribution in [1.29, 1.82) is 0 Å². The second kappa shape index (κ2) is 6.46. The van der Waals surface area contributed by atoms with Crippen LogP contribution in [0, 0.1) is 0 Å². The van der Waals surface area contributed by atoms with Crippen molar-refractivity contribution in [3.8, 4) is 0 Å². The summed E-state index contributed by atoms with van der Waals surface area (Å²) in [7, 11) is 0. The van der Waals surface area contributed by atoms with Crippen molar-refractivity contribution in [1.82, 2.24) is 9.55 Å². The van der Waals surface area contributed by atoms with E-state index in [4.69, 9.17) is 0 Å². The highest BCUT2D eigenvalue weighted by Crippen LogP contribution is 2.34. The van der Waals surface area contributed by atoms with Crippen LogP contribution in [-0.4, -0.2) is 14.7 Å². The number of halogens is 1. The first-order valence-electron chi connectivity index (χ1n) is 7.18. The first-order chi connectivity index (χ1) is 10.7. The highest BCUT2D eigenvalue weighted by molar-refractivity contribution is 9.10. The van der Waals surface area contributed by atoms with E-state index >= 15 is 0 Å². The maximum Gasteiger partial charge on any atom is 0.116 e. The average Bonchev–Trinajstić information content (AvgIpc) is 3.08. The lowest BCUT2D eigenvalue weighted by molar-refractivity contribution is 0.0660. The predicted octanol–water partition coefficient (Wildman–Crippen LogP) is 3.97. The van der Waals surface area contributed by atoms with Crippen molar-refractivity contribution in [3.05, 3.63) is 88.9 Å². The van der Waals surface area contributed by atoms with Crippen molar-refractivity contribution in [2.75, 3.05) is 0 Å². The second-order valence-electron chi connectivity index (χ2n) is 5.28. The fourth-order valence-corrected chi connectivity index (χ4v) is 2.87. The molecule has 1 unspecified atom stereocenters. The molecular weight excluding hydrogens is 340 g/mol. The van der Waals surface area contributed by atoms with E-state index in [2.05, 4.69) is 20.9 Å². The Morgan fingerprint density at radius 1 is 1.00 bits per heavy atom. The number of aromatic nitrogens is 2. The van der Waals surface area contributed by atoms with E-state index in [-0.39, 0.29) is 0 Å². The molecule has 1 aromatic heterocycles. The summed E-state index contributed by atoms with van der Waals surface area (Å²) in [5.74, 6) is 0. The van der Waals surface area contributed by atoms with Gasteiger partial charge >= 0.3 is 0 Å². The second-order valence-corrected chi connectivity index (χ2v) is 6.20. The molecule has 1 heterocycles. The van der Waals surface area contributed by atoms with E-state index in [9.17, 15) is 5.11 Å². The summed E-state index contributed by atoms with van der Waals surface area (Å²) >= 11 is 3.44. The van der Waals surface area contributed by atoms with E-state index in [1.54, 1.807) is 12.5 Å². The molecule has 22 heavy (non-hydrogen) atoms. The molecule has 0 fully saturated rings. The Labute approximate surface area is 138 Å². The Morgan fingerprint density at radius 2 is 1.68 bits per heavy atom. The van der Waals surface area contributed by atoms with Gasteiger partial charge in [-0.2, -0.15) is 0 Å². The zero-order valence-corrected chi connectivity index (χ0v) is 13.6. The number of hydrogen-bond donors (Lipinski definition) is 1. The molecule has 1 N–H and O–H groups in total. The summed E-state index contributed by atoms with van der Waals surface area (Å²) in [6.07, 6.45) is 6.01. The summed E-state index contributed by atoms with van der Waals surface area (Å²) in [6, 6.07) is 17.6. The Balaban J connectivity index is 1.96. The smallest absolute Gasteiger partial charge is 0.116 e. The Hall–Kier alpha value is -1.91. The zero-order valence-electron chi connectivity index (χ0n) is 12.1. The number of aliphatic hydroxyl groups is 1. The van der Waals surface area contributed by atoms with Crippen LogP contribution >= 0.6 is 15.9 Å². The number of hydrogen-bond acceptors (Lipinski definition) is 2. The lowest BCUT2D eigenvalue weighted by Gasteiger charge is -2.29. The van der Waals surface area contributed by atoms with Gasteiger partial charge in [-0.05, 0) is 23.3 Å². The predicted molar refractivity (Wildman–Crippen MR) is 90.4 cm³/mol. The number of benzene rings is 2. The van der Waals surface area contributed by atoms with Gasteiger partial charge in [0.15, 0.2) is 0 Å². The van der Waals surface area contributed by atoms with Gasteiger partial charge in [0.25, 0.3) is 0 Å². The molecule has 0 spiro atoms. The molecule has 0 bridgehead atoms. The van der Waals surface area contributed by atoms with Crippen molar-refractivity contribution < 1.29 is 5.11 Å². The molecule has 1 atom stereocenters. The van der Waals surface area contributed by atoms with Gasteiger partial charge in [0, 0.05) is 29.8 Å². The molecule has 0 aliphatic carbocycles. The molecule has 3 rings (SSSR count). The molecule has 0 saturated heterocycles. The van der Waals surface area contributed by atoms with Crippen molar-refractivity contribution in [3.63, 3.8) is 0 Å². The van der Waals surface area contributed by atoms with E-state index in [0.29, 0.717) is 13.0 Å². The molecule has 0 radical (unpaired) electrons. The minimum absolute atomic E-state index is 0.578. The summed E-state index contributed by atoms with van der Waals surface area (Å²) in [6.45, 7) is 0.696. The lowest BCUT2D eigenvalue weighted by atomic mass is 9.83. The Kier molecular flexibility index (Phi) is 4.41. The van der Waals surface area contributed by atoms with E-state index < -0.39 is 5.60 Å². The first-order valence-corrected chi connectivity index (χ1v) is 7.97. The van der Waals surface area contributed by atoms with E-state index in [1.165, 1.54) is 0 Å². The topological polar surface area (TPSA) is 38.0 Å². The first kappa shape index (κ1) is 15.0. The minimum atomic E-state index is -1.02. The Bertz CT molecular complexity index is 711. The van der Waals surface area contributed by atoms with Crippen LogP contribution < -0.4 is 0 Å². The quantitative estimate of drug-likeness (QED) is 0.750. The molecule has 0 aliphatic heterocycles. The van der Waals surface area contributed by atoms with Gasteiger partial charge < -0.3 is 9.67 Å². The van der Waals surface area contributed by atoms with Gasteiger partial charge in [0.2, 0.25) is 0 Å². The van der Waals surface area contributed by atoms with Crippen LogP contribution in [0.2, 0.25) is 0 Å². The third-order valence-electron chi connectivity index (χ3n) is 3.86. The fraction of sp³-hybridized carbons (Fsp3) is 0.167. The summed E-state index contributed by atoms with van der Waals surface area (Å²) in [5, 5.41) is 11.4. The molecule has 112 valence electrons. The summed E-state index contributed by atoms with van der Waals surface area (Å²) in [5.41, 5.74) is 0.770. The number of imidazole rings is 1. The van der Waals surface area contributed by atoms with Gasteiger partial charge in [-0.1, -0.05) is 58.4 Å². The van der Waals surface area contributed by atoms with Gasteiger partial charge in [-0.25, -0.2) is 4.98 Å². The van der Waals surface area contributed by atoms with Gasteiger partial charge in [0.05, 0.1) is 6.33 Å². The van der Waals surface area contributed by atoms with E-state index in [0.717, 1.165) is 15.6 Å². The normalized spacial score (nSPS) is 13.7. The molecular formula is C18H17BrN2O. The monoisotopic (exact) mass is 356 g/mol. The number of aryl methyl sites for hydroxylation is 1. The summed E-state index contributed by atoms with van der Waals surface area (Å²) in [4.78, 5) is 4.06. The number of nitrogens with zero attached hydrogens (tertiary/aromatic N) is 2. The minimum Gasteiger partial charge on any atom is -0.380 e.